The van der Waals surface area contributed by atoms with Crippen molar-refractivity contribution in [2.75, 3.05) is 6.61 Å². The Hall–Kier alpha value is -0.570. The van der Waals surface area contributed by atoms with Crippen LogP contribution >= 0.6 is 0 Å². The van der Waals surface area contributed by atoms with Gasteiger partial charge in [-0.1, -0.05) is 79.1 Å². The van der Waals surface area contributed by atoms with E-state index in [9.17, 15) is 4.79 Å². The number of carbonyl (C=O) groups is 1. The van der Waals surface area contributed by atoms with Gasteiger partial charge in [0.1, 0.15) is 12.7 Å². The standard InChI is InChI=1S/C22H42O3/c1-17(2)10-7-11-18(3)12-8-13-19(4)14-9-15-22(6)21(25-22)16-24-20(5)23/h17-19,21H,7-16H2,1-6H3. The molecule has 1 fully saturated rings. The van der Waals surface area contributed by atoms with Crippen molar-refractivity contribution < 1.29 is 14.3 Å². The first-order valence-corrected chi connectivity index (χ1v) is 10.5. The number of hydrogen-bond acceptors (Lipinski definition) is 3. The molecule has 0 bridgehead atoms. The lowest BCUT2D eigenvalue weighted by Crippen LogP contribution is -2.16. The Kier molecular flexibility index (Phi) is 10.1. The molecule has 0 radical (unpaired) electrons. The fourth-order valence-corrected chi connectivity index (χ4v) is 3.69. The molecule has 3 heteroatoms. The molecule has 148 valence electrons. The highest BCUT2D eigenvalue weighted by Crippen LogP contribution is 2.41. The van der Waals surface area contributed by atoms with Crippen molar-refractivity contribution in [1.82, 2.24) is 0 Å². The quantitative estimate of drug-likeness (QED) is 0.277. The number of ether oxygens (including phenoxy) is 2. The van der Waals surface area contributed by atoms with Gasteiger partial charge in [-0.05, 0) is 31.1 Å². The minimum absolute atomic E-state index is 0.0555. The van der Waals surface area contributed by atoms with Crippen LogP contribution < -0.4 is 0 Å². The highest BCUT2D eigenvalue weighted by Gasteiger charge is 2.52. The van der Waals surface area contributed by atoms with Gasteiger partial charge in [-0.2, -0.15) is 0 Å². The SMILES string of the molecule is CC(=O)OCC1OC1(C)CCCC(C)CCCC(C)CCCC(C)C. The smallest absolute Gasteiger partial charge is 0.302 e. The third-order valence-corrected chi connectivity index (χ3v) is 5.72. The number of rotatable bonds is 14. The number of esters is 1. The zero-order valence-electron chi connectivity index (χ0n) is 17.6. The molecule has 3 nitrogen and oxygen atoms in total. The summed E-state index contributed by atoms with van der Waals surface area (Å²) in [6.45, 7) is 13.4. The molecule has 1 saturated heterocycles. The average molecular weight is 355 g/mol. The minimum Gasteiger partial charge on any atom is -0.463 e. The van der Waals surface area contributed by atoms with Crippen LogP contribution in [0.15, 0.2) is 0 Å². The number of hydrogen-bond donors (Lipinski definition) is 0. The van der Waals surface area contributed by atoms with Gasteiger partial charge in [-0.25, -0.2) is 0 Å². The molecule has 1 aliphatic heterocycles. The van der Waals surface area contributed by atoms with Crippen LogP contribution in [-0.4, -0.2) is 24.3 Å². The molecule has 0 saturated carbocycles. The molecule has 0 spiro atoms. The van der Waals surface area contributed by atoms with Crippen LogP contribution in [0.4, 0.5) is 0 Å². The predicted octanol–water partition coefficient (Wildman–Crippen LogP) is 6.15. The first-order chi connectivity index (χ1) is 11.7. The van der Waals surface area contributed by atoms with Gasteiger partial charge in [0, 0.05) is 6.92 Å². The van der Waals surface area contributed by atoms with Crippen LogP contribution in [0.25, 0.3) is 0 Å². The predicted molar refractivity (Wildman–Crippen MR) is 105 cm³/mol. The van der Waals surface area contributed by atoms with Gasteiger partial charge in [-0.3, -0.25) is 4.79 Å². The monoisotopic (exact) mass is 354 g/mol. The van der Waals surface area contributed by atoms with E-state index < -0.39 is 0 Å². The van der Waals surface area contributed by atoms with Gasteiger partial charge in [0.25, 0.3) is 0 Å². The highest BCUT2D eigenvalue weighted by atomic mass is 16.6. The Labute approximate surface area is 156 Å². The number of epoxide rings is 1. The summed E-state index contributed by atoms with van der Waals surface area (Å²) < 4.78 is 10.8. The zero-order chi connectivity index (χ0) is 18.9. The van der Waals surface area contributed by atoms with Crippen LogP contribution in [0.3, 0.4) is 0 Å². The highest BCUT2D eigenvalue weighted by molar-refractivity contribution is 5.65. The van der Waals surface area contributed by atoms with E-state index in [0.717, 1.165) is 24.2 Å². The first-order valence-electron chi connectivity index (χ1n) is 10.5. The lowest BCUT2D eigenvalue weighted by atomic mass is 9.90. The summed E-state index contributed by atoms with van der Waals surface area (Å²) in [7, 11) is 0. The molecule has 1 aliphatic rings. The maximum Gasteiger partial charge on any atom is 0.302 e. The topological polar surface area (TPSA) is 38.8 Å². The summed E-state index contributed by atoms with van der Waals surface area (Å²) in [5, 5.41) is 0. The zero-order valence-corrected chi connectivity index (χ0v) is 17.6. The third kappa shape index (κ3) is 10.2. The summed E-state index contributed by atoms with van der Waals surface area (Å²) in [6.07, 6.45) is 11.9. The third-order valence-electron chi connectivity index (χ3n) is 5.72. The van der Waals surface area contributed by atoms with E-state index in [1.807, 2.05) is 0 Å². The van der Waals surface area contributed by atoms with Crippen LogP contribution in [0.1, 0.15) is 99.3 Å². The lowest BCUT2D eigenvalue weighted by molar-refractivity contribution is -0.141. The van der Waals surface area contributed by atoms with Crippen molar-refractivity contribution in [2.45, 2.75) is 111 Å². The Morgan fingerprint density at radius 3 is 2.00 bits per heavy atom. The van der Waals surface area contributed by atoms with E-state index >= 15 is 0 Å². The molecule has 1 heterocycles. The minimum atomic E-state index is -0.218. The molecular formula is C22H42O3. The Morgan fingerprint density at radius 2 is 1.48 bits per heavy atom. The summed E-state index contributed by atoms with van der Waals surface area (Å²) in [6, 6.07) is 0. The normalized spacial score (nSPS) is 25.0. The van der Waals surface area contributed by atoms with E-state index in [-0.39, 0.29) is 17.7 Å². The molecular weight excluding hydrogens is 312 g/mol. The summed E-state index contributed by atoms with van der Waals surface area (Å²) in [4.78, 5) is 10.8. The first kappa shape index (κ1) is 22.5. The van der Waals surface area contributed by atoms with Crippen molar-refractivity contribution >= 4 is 5.97 Å². The fourth-order valence-electron chi connectivity index (χ4n) is 3.69. The van der Waals surface area contributed by atoms with Crippen LogP contribution in [-0.2, 0) is 14.3 Å². The van der Waals surface area contributed by atoms with Gasteiger partial charge < -0.3 is 9.47 Å². The summed E-state index contributed by atoms with van der Waals surface area (Å²) >= 11 is 0. The molecule has 1 rings (SSSR count). The largest absolute Gasteiger partial charge is 0.463 e. The van der Waals surface area contributed by atoms with Crippen molar-refractivity contribution in [3.8, 4) is 0 Å². The van der Waals surface area contributed by atoms with E-state index in [1.165, 1.54) is 58.3 Å². The molecule has 0 aromatic heterocycles. The molecule has 0 aliphatic carbocycles. The molecule has 25 heavy (non-hydrogen) atoms. The van der Waals surface area contributed by atoms with E-state index in [4.69, 9.17) is 9.47 Å². The van der Waals surface area contributed by atoms with Gasteiger partial charge in [-0.15, -0.1) is 0 Å². The van der Waals surface area contributed by atoms with E-state index in [1.54, 1.807) is 0 Å². The maximum absolute atomic E-state index is 10.8. The Balaban J connectivity index is 2.00. The van der Waals surface area contributed by atoms with Crippen LogP contribution in [0.5, 0.6) is 0 Å². The van der Waals surface area contributed by atoms with Crippen LogP contribution in [0, 0.1) is 17.8 Å². The molecule has 0 aromatic rings. The number of carbonyl (C=O) groups excluding carboxylic acids is 1. The maximum atomic E-state index is 10.8. The van der Waals surface area contributed by atoms with E-state index in [0.29, 0.717) is 6.61 Å². The van der Waals surface area contributed by atoms with Gasteiger partial charge in [0.2, 0.25) is 0 Å². The lowest BCUT2D eigenvalue weighted by Gasteiger charge is -2.15. The second-order valence-corrected chi connectivity index (χ2v) is 9.08. The second kappa shape index (κ2) is 11.2. The second-order valence-electron chi connectivity index (χ2n) is 9.08. The summed E-state index contributed by atoms with van der Waals surface area (Å²) in [5.41, 5.74) is -0.0555. The van der Waals surface area contributed by atoms with Crippen molar-refractivity contribution in [3.63, 3.8) is 0 Å². The average Bonchev–Trinajstić information content (AvgIpc) is 3.15. The molecule has 4 unspecified atom stereocenters. The summed E-state index contributed by atoms with van der Waals surface area (Å²) in [5.74, 6) is 2.31. The van der Waals surface area contributed by atoms with Crippen molar-refractivity contribution in [3.05, 3.63) is 0 Å². The van der Waals surface area contributed by atoms with Gasteiger partial charge in [0.05, 0.1) is 5.60 Å². The van der Waals surface area contributed by atoms with Gasteiger partial charge in [0.15, 0.2) is 0 Å². The fraction of sp³-hybridized carbons (Fsp3) is 0.955. The molecule has 0 N–H and O–H groups in total. The Morgan fingerprint density at radius 1 is 0.960 bits per heavy atom. The van der Waals surface area contributed by atoms with Crippen molar-refractivity contribution in [2.24, 2.45) is 17.8 Å². The molecule has 4 atom stereocenters. The Bertz CT molecular complexity index is 379. The molecule has 0 amide bonds. The van der Waals surface area contributed by atoms with Crippen molar-refractivity contribution in [1.29, 1.82) is 0 Å². The van der Waals surface area contributed by atoms with Gasteiger partial charge >= 0.3 is 5.97 Å². The molecule has 0 aromatic carbocycles. The van der Waals surface area contributed by atoms with Crippen LogP contribution in [0.2, 0.25) is 0 Å². The van der Waals surface area contributed by atoms with E-state index in [2.05, 4.69) is 34.6 Å².